The highest BCUT2D eigenvalue weighted by Gasteiger charge is 2.04. The van der Waals surface area contributed by atoms with Crippen LogP contribution in [0, 0.1) is 13.8 Å². The molecule has 0 saturated heterocycles. The summed E-state index contributed by atoms with van der Waals surface area (Å²) in [5, 5.41) is 3.56. The molecule has 0 amide bonds. The summed E-state index contributed by atoms with van der Waals surface area (Å²) in [6.45, 7) is 6.52. The van der Waals surface area contributed by atoms with Gasteiger partial charge in [-0.15, -0.1) is 0 Å². The molecule has 94 valence electrons. The van der Waals surface area contributed by atoms with E-state index in [-0.39, 0.29) is 0 Å². The third-order valence-corrected chi connectivity index (χ3v) is 3.30. The highest BCUT2D eigenvalue weighted by molar-refractivity contribution is 5.48. The predicted molar refractivity (Wildman–Crippen MR) is 79.1 cm³/mol. The van der Waals surface area contributed by atoms with Crippen molar-refractivity contribution in [3.8, 4) is 0 Å². The van der Waals surface area contributed by atoms with Crippen molar-refractivity contribution in [2.45, 2.75) is 33.2 Å². The van der Waals surface area contributed by atoms with Crippen LogP contribution in [0.15, 0.2) is 48.5 Å². The fourth-order valence-electron chi connectivity index (χ4n) is 2.13. The van der Waals surface area contributed by atoms with Gasteiger partial charge < -0.3 is 5.32 Å². The van der Waals surface area contributed by atoms with Gasteiger partial charge in [-0.3, -0.25) is 0 Å². The molecule has 0 aromatic heterocycles. The standard InChI is InChI=1S/C17H21N/c1-13-9-10-17(11-14(13)2)18-15(3)12-16-7-5-4-6-8-16/h4-11,15,18H,12H2,1-3H3. The number of aryl methyl sites for hydroxylation is 2. The molecule has 1 heteroatoms. The summed E-state index contributed by atoms with van der Waals surface area (Å²) in [7, 11) is 0. The van der Waals surface area contributed by atoms with Crippen LogP contribution < -0.4 is 5.32 Å². The predicted octanol–water partition coefficient (Wildman–Crippen LogP) is 4.35. The monoisotopic (exact) mass is 239 g/mol. The molecule has 0 aliphatic rings. The summed E-state index contributed by atoms with van der Waals surface area (Å²) in [5.74, 6) is 0. The van der Waals surface area contributed by atoms with Gasteiger partial charge in [-0.25, -0.2) is 0 Å². The Kier molecular flexibility index (Phi) is 4.03. The van der Waals surface area contributed by atoms with Crippen molar-refractivity contribution >= 4 is 5.69 Å². The first-order valence-corrected chi connectivity index (χ1v) is 6.53. The first-order valence-electron chi connectivity index (χ1n) is 6.53. The van der Waals surface area contributed by atoms with Crippen LogP contribution in [0.25, 0.3) is 0 Å². The van der Waals surface area contributed by atoms with Gasteiger partial charge in [0.25, 0.3) is 0 Å². The number of nitrogens with one attached hydrogen (secondary N) is 1. The number of benzene rings is 2. The van der Waals surface area contributed by atoms with E-state index < -0.39 is 0 Å². The van der Waals surface area contributed by atoms with E-state index in [1.807, 2.05) is 0 Å². The van der Waals surface area contributed by atoms with Crippen LogP contribution in [-0.4, -0.2) is 6.04 Å². The van der Waals surface area contributed by atoms with E-state index in [0.29, 0.717) is 6.04 Å². The SMILES string of the molecule is Cc1ccc(NC(C)Cc2ccccc2)cc1C. The van der Waals surface area contributed by atoms with Crippen LogP contribution in [0.4, 0.5) is 5.69 Å². The molecule has 0 fully saturated rings. The molecule has 2 rings (SSSR count). The van der Waals surface area contributed by atoms with Crippen LogP contribution in [0.3, 0.4) is 0 Å². The molecule has 0 spiro atoms. The van der Waals surface area contributed by atoms with E-state index in [1.54, 1.807) is 0 Å². The molecule has 1 atom stereocenters. The zero-order valence-electron chi connectivity index (χ0n) is 11.4. The molecule has 1 unspecified atom stereocenters. The lowest BCUT2D eigenvalue weighted by Gasteiger charge is -2.16. The number of hydrogen-bond acceptors (Lipinski definition) is 1. The van der Waals surface area contributed by atoms with E-state index in [0.717, 1.165) is 6.42 Å². The Hall–Kier alpha value is -1.76. The minimum Gasteiger partial charge on any atom is -0.382 e. The molecule has 0 aliphatic heterocycles. The van der Waals surface area contributed by atoms with Crippen molar-refractivity contribution in [2.75, 3.05) is 5.32 Å². The quantitative estimate of drug-likeness (QED) is 0.836. The van der Waals surface area contributed by atoms with Crippen molar-refractivity contribution in [3.05, 3.63) is 65.2 Å². The highest BCUT2D eigenvalue weighted by atomic mass is 14.9. The second-order valence-electron chi connectivity index (χ2n) is 5.03. The van der Waals surface area contributed by atoms with Crippen molar-refractivity contribution < 1.29 is 0 Å². The third-order valence-electron chi connectivity index (χ3n) is 3.30. The zero-order chi connectivity index (χ0) is 13.0. The van der Waals surface area contributed by atoms with Crippen molar-refractivity contribution in [2.24, 2.45) is 0 Å². The van der Waals surface area contributed by atoms with E-state index in [4.69, 9.17) is 0 Å². The minimum atomic E-state index is 0.439. The molecule has 18 heavy (non-hydrogen) atoms. The Morgan fingerprint density at radius 3 is 2.33 bits per heavy atom. The molecule has 1 nitrogen and oxygen atoms in total. The maximum atomic E-state index is 3.56. The van der Waals surface area contributed by atoms with E-state index >= 15 is 0 Å². The zero-order valence-corrected chi connectivity index (χ0v) is 11.4. The smallest absolute Gasteiger partial charge is 0.0345 e. The van der Waals surface area contributed by atoms with Gasteiger partial charge in [0.1, 0.15) is 0 Å². The summed E-state index contributed by atoms with van der Waals surface area (Å²) in [4.78, 5) is 0. The minimum absolute atomic E-state index is 0.439. The van der Waals surface area contributed by atoms with Crippen molar-refractivity contribution in [1.82, 2.24) is 0 Å². The average molecular weight is 239 g/mol. The van der Waals surface area contributed by atoms with Gasteiger partial charge in [0.15, 0.2) is 0 Å². The number of hydrogen-bond donors (Lipinski definition) is 1. The molecule has 2 aromatic rings. The molecular formula is C17H21N. The maximum Gasteiger partial charge on any atom is 0.0345 e. The van der Waals surface area contributed by atoms with Gasteiger partial charge in [0.05, 0.1) is 0 Å². The van der Waals surface area contributed by atoms with E-state index in [1.165, 1.54) is 22.4 Å². The van der Waals surface area contributed by atoms with Crippen molar-refractivity contribution in [1.29, 1.82) is 0 Å². The van der Waals surface area contributed by atoms with Crippen LogP contribution in [0.2, 0.25) is 0 Å². The number of rotatable bonds is 4. The van der Waals surface area contributed by atoms with E-state index in [9.17, 15) is 0 Å². The molecule has 0 radical (unpaired) electrons. The molecule has 0 aliphatic carbocycles. The molecule has 0 saturated carbocycles. The molecular weight excluding hydrogens is 218 g/mol. The Morgan fingerprint density at radius 2 is 1.67 bits per heavy atom. The number of anilines is 1. The topological polar surface area (TPSA) is 12.0 Å². The van der Waals surface area contributed by atoms with Crippen LogP contribution in [0.5, 0.6) is 0 Å². The fourth-order valence-corrected chi connectivity index (χ4v) is 2.13. The van der Waals surface area contributed by atoms with Crippen LogP contribution in [0.1, 0.15) is 23.6 Å². The second kappa shape index (κ2) is 5.72. The highest BCUT2D eigenvalue weighted by Crippen LogP contribution is 2.16. The van der Waals surface area contributed by atoms with Gasteiger partial charge in [-0.05, 0) is 56.0 Å². The molecule has 1 N–H and O–H groups in total. The molecule has 0 heterocycles. The average Bonchev–Trinajstić information content (AvgIpc) is 2.35. The lowest BCUT2D eigenvalue weighted by Crippen LogP contribution is -2.18. The lowest BCUT2D eigenvalue weighted by atomic mass is 10.1. The second-order valence-corrected chi connectivity index (χ2v) is 5.03. The summed E-state index contributed by atoms with van der Waals surface area (Å²) >= 11 is 0. The van der Waals surface area contributed by atoms with Crippen molar-refractivity contribution in [3.63, 3.8) is 0 Å². The summed E-state index contributed by atoms with van der Waals surface area (Å²) in [6, 6.07) is 17.6. The van der Waals surface area contributed by atoms with Crippen LogP contribution in [-0.2, 0) is 6.42 Å². The summed E-state index contributed by atoms with van der Waals surface area (Å²) in [5.41, 5.74) is 5.27. The first-order chi connectivity index (χ1) is 8.65. The Bertz CT molecular complexity index is 502. The summed E-state index contributed by atoms with van der Waals surface area (Å²) < 4.78 is 0. The fraction of sp³-hybridized carbons (Fsp3) is 0.294. The maximum absolute atomic E-state index is 3.56. The normalized spacial score (nSPS) is 12.2. The molecule has 0 bridgehead atoms. The Labute approximate surface area is 110 Å². The lowest BCUT2D eigenvalue weighted by molar-refractivity contribution is 0.790. The van der Waals surface area contributed by atoms with Gasteiger partial charge in [-0.2, -0.15) is 0 Å². The van der Waals surface area contributed by atoms with Gasteiger partial charge in [0, 0.05) is 11.7 Å². The Morgan fingerprint density at radius 1 is 0.944 bits per heavy atom. The van der Waals surface area contributed by atoms with Gasteiger partial charge >= 0.3 is 0 Å². The summed E-state index contributed by atoms with van der Waals surface area (Å²) in [6.07, 6.45) is 1.05. The van der Waals surface area contributed by atoms with Gasteiger partial charge in [0.2, 0.25) is 0 Å². The Balaban J connectivity index is 1.99. The largest absolute Gasteiger partial charge is 0.382 e. The first kappa shape index (κ1) is 12.7. The van der Waals surface area contributed by atoms with E-state index in [2.05, 4.69) is 74.6 Å². The van der Waals surface area contributed by atoms with Crippen LogP contribution >= 0.6 is 0 Å². The molecule has 2 aromatic carbocycles. The van der Waals surface area contributed by atoms with Gasteiger partial charge in [-0.1, -0.05) is 36.4 Å². The third kappa shape index (κ3) is 3.36.